The van der Waals surface area contributed by atoms with Crippen LogP contribution in [-0.4, -0.2) is 18.4 Å². The van der Waals surface area contributed by atoms with Gasteiger partial charge in [-0.3, -0.25) is 9.59 Å². The van der Waals surface area contributed by atoms with Crippen LogP contribution in [0, 0.1) is 6.92 Å². The fourth-order valence-corrected chi connectivity index (χ4v) is 2.69. The molecule has 29 heavy (non-hydrogen) atoms. The van der Waals surface area contributed by atoms with Crippen molar-refractivity contribution in [1.29, 1.82) is 0 Å². The van der Waals surface area contributed by atoms with Gasteiger partial charge in [-0.15, -0.1) is 0 Å². The van der Waals surface area contributed by atoms with Crippen LogP contribution in [0.15, 0.2) is 59.2 Å². The standard InChI is InChI=1S/C20H15ClF2N2O4/c1-11-4-5-12(9-15(11)25-19(27)17-3-2-8-28-17)18(26)24-13-6-7-16(14(21)10-13)29-20(22)23/h2-10,20H,1H3,(H,24,26)(H,25,27). The average molecular weight is 421 g/mol. The minimum absolute atomic E-state index is 0.0709. The number of amides is 2. The molecule has 6 nitrogen and oxygen atoms in total. The van der Waals surface area contributed by atoms with Gasteiger partial charge in [0.25, 0.3) is 11.8 Å². The monoisotopic (exact) mass is 420 g/mol. The third kappa shape index (κ3) is 5.11. The predicted octanol–water partition coefficient (Wildman–Crippen LogP) is 5.35. The van der Waals surface area contributed by atoms with Gasteiger partial charge in [0.05, 0.1) is 11.3 Å². The molecule has 0 bridgehead atoms. The summed E-state index contributed by atoms with van der Waals surface area (Å²) in [5, 5.41) is 5.22. The minimum atomic E-state index is -3.00. The minimum Gasteiger partial charge on any atom is -0.459 e. The molecule has 150 valence electrons. The van der Waals surface area contributed by atoms with Gasteiger partial charge in [0, 0.05) is 16.9 Å². The number of aryl methyl sites for hydroxylation is 1. The average Bonchev–Trinajstić information content (AvgIpc) is 3.20. The Kier molecular flexibility index (Phi) is 6.13. The molecule has 0 aliphatic heterocycles. The number of ether oxygens (including phenoxy) is 1. The van der Waals surface area contributed by atoms with Gasteiger partial charge in [-0.1, -0.05) is 17.7 Å². The SMILES string of the molecule is Cc1ccc(C(=O)Nc2ccc(OC(F)F)c(Cl)c2)cc1NC(=O)c1ccco1. The highest BCUT2D eigenvalue weighted by atomic mass is 35.5. The number of alkyl halides is 2. The number of benzene rings is 2. The van der Waals surface area contributed by atoms with E-state index >= 15 is 0 Å². The first-order chi connectivity index (χ1) is 13.8. The lowest BCUT2D eigenvalue weighted by atomic mass is 10.1. The van der Waals surface area contributed by atoms with Crippen LogP contribution in [0.4, 0.5) is 20.2 Å². The first-order valence-corrected chi connectivity index (χ1v) is 8.72. The van der Waals surface area contributed by atoms with Gasteiger partial charge < -0.3 is 19.8 Å². The van der Waals surface area contributed by atoms with Gasteiger partial charge in [0.15, 0.2) is 5.76 Å². The molecular formula is C20H15ClF2N2O4. The highest BCUT2D eigenvalue weighted by molar-refractivity contribution is 6.32. The quantitative estimate of drug-likeness (QED) is 0.563. The van der Waals surface area contributed by atoms with E-state index in [0.29, 0.717) is 11.4 Å². The predicted molar refractivity (Wildman–Crippen MR) is 104 cm³/mol. The number of carbonyl (C=O) groups excluding carboxylic acids is 2. The molecule has 2 aromatic carbocycles. The van der Waals surface area contributed by atoms with Crippen molar-refractivity contribution < 1.29 is 27.5 Å². The summed E-state index contributed by atoms with van der Waals surface area (Å²) in [6.07, 6.45) is 1.38. The second kappa shape index (κ2) is 8.74. The van der Waals surface area contributed by atoms with Gasteiger partial charge >= 0.3 is 6.61 Å². The largest absolute Gasteiger partial charge is 0.459 e. The second-order valence-electron chi connectivity index (χ2n) is 5.94. The summed E-state index contributed by atoms with van der Waals surface area (Å²) in [4.78, 5) is 24.7. The number of rotatable bonds is 6. The molecule has 0 fully saturated rings. The molecule has 0 spiro atoms. The fraction of sp³-hybridized carbons (Fsp3) is 0.100. The van der Waals surface area contributed by atoms with E-state index in [4.69, 9.17) is 16.0 Å². The lowest BCUT2D eigenvalue weighted by Crippen LogP contribution is -2.15. The molecule has 0 saturated heterocycles. The summed E-state index contributed by atoms with van der Waals surface area (Å²) in [5.74, 6) is -0.980. The van der Waals surface area contributed by atoms with Crippen LogP contribution in [0.25, 0.3) is 0 Å². The first kappa shape index (κ1) is 20.3. The van der Waals surface area contributed by atoms with Crippen LogP contribution in [0.1, 0.15) is 26.5 Å². The van der Waals surface area contributed by atoms with Crippen LogP contribution in [0.2, 0.25) is 5.02 Å². The zero-order valence-electron chi connectivity index (χ0n) is 15.0. The number of anilines is 2. The third-order valence-corrected chi connectivity index (χ3v) is 4.19. The normalized spacial score (nSPS) is 10.7. The maximum atomic E-state index is 12.5. The van der Waals surface area contributed by atoms with E-state index in [0.717, 1.165) is 5.56 Å². The number of hydrogen-bond acceptors (Lipinski definition) is 4. The zero-order chi connectivity index (χ0) is 21.0. The van der Waals surface area contributed by atoms with E-state index in [1.807, 2.05) is 0 Å². The van der Waals surface area contributed by atoms with E-state index in [1.165, 1.54) is 36.6 Å². The van der Waals surface area contributed by atoms with Crippen molar-refractivity contribution in [3.8, 4) is 5.75 Å². The van der Waals surface area contributed by atoms with Gasteiger partial charge in [0.2, 0.25) is 0 Å². The van der Waals surface area contributed by atoms with E-state index in [1.54, 1.807) is 25.1 Å². The Bertz CT molecular complexity index is 1040. The molecule has 0 saturated carbocycles. The molecule has 1 aromatic heterocycles. The zero-order valence-corrected chi connectivity index (χ0v) is 15.8. The highest BCUT2D eigenvalue weighted by Crippen LogP contribution is 2.29. The van der Waals surface area contributed by atoms with Crippen LogP contribution in [-0.2, 0) is 0 Å². The Morgan fingerprint density at radius 1 is 1.07 bits per heavy atom. The third-order valence-electron chi connectivity index (χ3n) is 3.90. The van der Waals surface area contributed by atoms with Crippen molar-refractivity contribution in [2.24, 2.45) is 0 Å². The van der Waals surface area contributed by atoms with Gasteiger partial charge in [-0.25, -0.2) is 0 Å². The summed E-state index contributed by atoms with van der Waals surface area (Å²) in [7, 11) is 0. The maximum absolute atomic E-state index is 12.5. The number of halogens is 3. The van der Waals surface area contributed by atoms with Crippen molar-refractivity contribution in [2.45, 2.75) is 13.5 Å². The van der Waals surface area contributed by atoms with E-state index in [2.05, 4.69) is 15.4 Å². The van der Waals surface area contributed by atoms with Gasteiger partial charge in [-0.05, 0) is 55.0 Å². The summed E-state index contributed by atoms with van der Waals surface area (Å²) >= 11 is 5.89. The molecule has 2 amide bonds. The van der Waals surface area contributed by atoms with Crippen molar-refractivity contribution >= 4 is 34.8 Å². The number of hydrogen-bond donors (Lipinski definition) is 2. The Hall–Kier alpha value is -3.39. The van der Waals surface area contributed by atoms with Crippen molar-refractivity contribution in [1.82, 2.24) is 0 Å². The Morgan fingerprint density at radius 2 is 1.86 bits per heavy atom. The fourth-order valence-electron chi connectivity index (χ4n) is 2.46. The summed E-state index contributed by atoms with van der Waals surface area (Å²) in [6, 6.07) is 11.8. The molecule has 0 radical (unpaired) electrons. The number of carbonyl (C=O) groups is 2. The molecule has 0 aliphatic rings. The molecule has 1 heterocycles. The van der Waals surface area contributed by atoms with E-state index < -0.39 is 18.4 Å². The Labute approximate surface area is 169 Å². The van der Waals surface area contributed by atoms with Crippen LogP contribution in [0.5, 0.6) is 5.75 Å². The number of nitrogens with one attached hydrogen (secondary N) is 2. The van der Waals surface area contributed by atoms with Crippen molar-refractivity contribution in [3.63, 3.8) is 0 Å². The molecular weight excluding hydrogens is 406 g/mol. The summed E-state index contributed by atoms with van der Waals surface area (Å²) in [6.45, 7) is -1.23. The molecule has 0 aliphatic carbocycles. The highest BCUT2D eigenvalue weighted by Gasteiger charge is 2.14. The lowest BCUT2D eigenvalue weighted by Gasteiger charge is -2.12. The summed E-state index contributed by atoms with van der Waals surface area (Å²) in [5.41, 5.74) is 1.76. The van der Waals surface area contributed by atoms with Gasteiger partial charge in [0.1, 0.15) is 5.75 Å². The van der Waals surface area contributed by atoms with Crippen LogP contribution < -0.4 is 15.4 Å². The second-order valence-corrected chi connectivity index (χ2v) is 6.35. The Morgan fingerprint density at radius 3 is 2.52 bits per heavy atom. The smallest absolute Gasteiger partial charge is 0.387 e. The Balaban J connectivity index is 1.74. The molecule has 3 aromatic rings. The maximum Gasteiger partial charge on any atom is 0.387 e. The summed E-state index contributed by atoms with van der Waals surface area (Å²) < 4.78 is 33.9. The molecule has 9 heteroatoms. The molecule has 0 unspecified atom stereocenters. The van der Waals surface area contributed by atoms with Crippen molar-refractivity contribution in [3.05, 3.63) is 76.7 Å². The molecule has 0 atom stereocenters. The van der Waals surface area contributed by atoms with Crippen molar-refractivity contribution in [2.75, 3.05) is 10.6 Å². The number of furan rings is 1. The first-order valence-electron chi connectivity index (χ1n) is 8.34. The van der Waals surface area contributed by atoms with E-state index in [9.17, 15) is 18.4 Å². The molecule has 3 rings (SSSR count). The topological polar surface area (TPSA) is 80.6 Å². The van der Waals surface area contributed by atoms with Crippen LogP contribution >= 0.6 is 11.6 Å². The molecule has 2 N–H and O–H groups in total. The lowest BCUT2D eigenvalue weighted by molar-refractivity contribution is -0.0497. The van der Waals surface area contributed by atoms with Crippen LogP contribution in [0.3, 0.4) is 0 Å². The van der Waals surface area contributed by atoms with Gasteiger partial charge in [-0.2, -0.15) is 8.78 Å². The van der Waals surface area contributed by atoms with E-state index in [-0.39, 0.29) is 22.1 Å².